The first-order valence-electron chi connectivity index (χ1n) is 6.32. The summed E-state index contributed by atoms with van der Waals surface area (Å²) in [6, 6.07) is 14.3. The first-order chi connectivity index (χ1) is 9.33. The van der Waals surface area contributed by atoms with Crippen molar-refractivity contribution in [2.45, 2.75) is 13.5 Å². The van der Waals surface area contributed by atoms with Crippen LogP contribution in [0.1, 0.15) is 11.1 Å². The van der Waals surface area contributed by atoms with Crippen molar-refractivity contribution in [2.24, 2.45) is 0 Å². The average molecular weight is 249 g/mol. The minimum absolute atomic E-state index is 0.757. The molecule has 3 aromatic rings. The summed E-state index contributed by atoms with van der Waals surface area (Å²) >= 11 is 0. The van der Waals surface area contributed by atoms with Crippen molar-refractivity contribution in [1.29, 1.82) is 0 Å². The molecule has 3 heteroatoms. The number of fused-ring (bicyclic) bond motifs is 1. The molecule has 94 valence electrons. The molecule has 2 aromatic heterocycles. The van der Waals surface area contributed by atoms with Gasteiger partial charge in [0, 0.05) is 24.3 Å². The normalized spacial score (nSPS) is 10.6. The zero-order valence-corrected chi connectivity index (χ0v) is 10.8. The molecule has 0 saturated carbocycles. The minimum Gasteiger partial charge on any atom is -0.366 e. The number of aryl methyl sites for hydroxylation is 1. The van der Waals surface area contributed by atoms with E-state index in [0.717, 1.165) is 17.9 Å². The van der Waals surface area contributed by atoms with Crippen LogP contribution in [-0.2, 0) is 6.54 Å². The van der Waals surface area contributed by atoms with Gasteiger partial charge in [-0.05, 0) is 42.3 Å². The molecule has 2 heterocycles. The highest BCUT2D eigenvalue weighted by atomic mass is 15.0. The lowest BCUT2D eigenvalue weighted by Crippen LogP contribution is -2.02. The molecule has 3 rings (SSSR count). The predicted octanol–water partition coefficient (Wildman–Crippen LogP) is 3.55. The van der Waals surface area contributed by atoms with E-state index in [4.69, 9.17) is 0 Å². The fourth-order valence-corrected chi connectivity index (χ4v) is 2.13. The molecule has 1 aromatic carbocycles. The van der Waals surface area contributed by atoms with Crippen molar-refractivity contribution in [2.75, 3.05) is 5.32 Å². The SMILES string of the molecule is Cc1cc(NCc2ccncc2)nc2ccccc12. The number of hydrogen-bond acceptors (Lipinski definition) is 3. The summed E-state index contributed by atoms with van der Waals surface area (Å²) < 4.78 is 0. The van der Waals surface area contributed by atoms with E-state index < -0.39 is 0 Å². The molecular formula is C16H15N3. The molecule has 19 heavy (non-hydrogen) atoms. The summed E-state index contributed by atoms with van der Waals surface area (Å²) in [4.78, 5) is 8.64. The molecule has 0 saturated heterocycles. The molecule has 3 nitrogen and oxygen atoms in total. The van der Waals surface area contributed by atoms with E-state index in [9.17, 15) is 0 Å². The molecule has 0 aliphatic carbocycles. The molecule has 0 amide bonds. The Morgan fingerprint density at radius 2 is 1.84 bits per heavy atom. The Balaban J connectivity index is 1.85. The largest absolute Gasteiger partial charge is 0.366 e. The summed E-state index contributed by atoms with van der Waals surface area (Å²) in [5.41, 5.74) is 3.46. The maximum absolute atomic E-state index is 4.62. The third-order valence-corrected chi connectivity index (χ3v) is 3.15. The van der Waals surface area contributed by atoms with Crippen molar-refractivity contribution in [3.63, 3.8) is 0 Å². The Labute approximate surface area is 112 Å². The topological polar surface area (TPSA) is 37.8 Å². The third kappa shape index (κ3) is 2.55. The van der Waals surface area contributed by atoms with E-state index in [0.29, 0.717) is 0 Å². The molecule has 0 atom stereocenters. The molecule has 0 aliphatic rings. The summed E-state index contributed by atoms with van der Waals surface area (Å²) in [6.45, 7) is 2.87. The number of rotatable bonds is 3. The standard InChI is InChI=1S/C16H15N3/c1-12-10-16(18-11-13-6-8-17-9-7-13)19-15-5-3-2-4-14(12)15/h2-10H,11H2,1H3,(H,18,19). The van der Waals surface area contributed by atoms with Crippen LogP contribution in [0.15, 0.2) is 54.9 Å². The van der Waals surface area contributed by atoms with Crippen LogP contribution in [0.2, 0.25) is 0 Å². The molecule has 1 N–H and O–H groups in total. The van der Waals surface area contributed by atoms with E-state index in [1.54, 1.807) is 12.4 Å². The summed E-state index contributed by atoms with van der Waals surface area (Å²) in [6.07, 6.45) is 3.60. The zero-order valence-electron chi connectivity index (χ0n) is 10.8. The van der Waals surface area contributed by atoms with Gasteiger partial charge in [0.15, 0.2) is 0 Å². The Kier molecular flexibility index (Phi) is 3.11. The monoisotopic (exact) mass is 249 g/mol. The van der Waals surface area contributed by atoms with Gasteiger partial charge in [-0.1, -0.05) is 18.2 Å². The number of anilines is 1. The number of aromatic nitrogens is 2. The van der Waals surface area contributed by atoms with Gasteiger partial charge in [0.05, 0.1) is 5.52 Å². The quantitative estimate of drug-likeness (QED) is 0.771. The van der Waals surface area contributed by atoms with Crippen LogP contribution in [0.25, 0.3) is 10.9 Å². The van der Waals surface area contributed by atoms with Gasteiger partial charge in [0.25, 0.3) is 0 Å². The van der Waals surface area contributed by atoms with Gasteiger partial charge in [-0.2, -0.15) is 0 Å². The van der Waals surface area contributed by atoms with Crippen LogP contribution in [0.4, 0.5) is 5.82 Å². The van der Waals surface area contributed by atoms with Crippen molar-refractivity contribution >= 4 is 16.7 Å². The second-order valence-electron chi connectivity index (χ2n) is 4.55. The maximum atomic E-state index is 4.62. The van der Waals surface area contributed by atoms with Crippen LogP contribution in [-0.4, -0.2) is 9.97 Å². The lowest BCUT2D eigenvalue weighted by atomic mass is 10.1. The van der Waals surface area contributed by atoms with Crippen LogP contribution in [0.5, 0.6) is 0 Å². The van der Waals surface area contributed by atoms with E-state index in [1.807, 2.05) is 30.3 Å². The third-order valence-electron chi connectivity index (χ3n) is 3.15. The molecule has 0 radical (unpaired) electrons. The highest BCUT2D eigenvalue weighted by Crippen LogP contribution is 2.20. The van der Waals surface area contributed by atoms with Crippen molar-refractivity contribution < 1.29 is 0 Å². The number of pyridine rings is 2. The fraction of sp³-hybridized carbons (Fsp3) is 0.125. The van der Waals surface area contributed by atoms with Crippen LogP contribution in [0.3, 0.4) is 0 Å². The second kappa shape index (κ2) is 5.06. The second-order valence-corrected chi connectivity index (χ2v) is 4.55. The number of para-hydroxylation sites is 1. The van der Waals surface area contributed by atoms with E-state index in [-0.39, 0.29) is 0 Å². The first kappa shape index (κ1) is 11.7. The van der Waals surface area contributed by atoms with Crippen LogP contribution < -0.4 is 5.32 Å². The van der Waals surface area contributed by atoms with E-state index in [2.05, 4.69) is 34.3 Å². The predicted molar refractivity (Wildman–Crippen MR) is 78.0 cm³/mol. The van der Waals surface area contributed by atoms with E-state index in [1.165, 1.54) is 16.5 Å². The summed E-state index contributed by atoms with van der Waals surface area (Å²) in [5, 5.41) is 4.56. The van der Waals surface area contributed by atoms with E-state index >= 15 is 0 Å². The van der Waals surface area contributed by atoms with Gasteiger partial charge < -0.3 is 5.32 Å². The first-order valence-corrected chi connectivity index (χ1v) is 6.32. The molecule has 0 fully saturated rings. The highest BCUT2D eigenvalue weighted by molar-refractivity contribution is 5.83. The van der Waals surface area contributed by atoms with Crippen LogP contribution >= 0.6 is 0 Å². The fourth-order valence-electron chi connectivity index (χ4n) is 2.13. The molecule has 0 bridgehead atoms. The smallest absolute Gasteiger partial charge is 0.127 e. The zero-order chi connectivity index (χ0) is 13.1. The lowest BCUT2D eigenvalue weighted by molar-refractivity contribution is 1.10. The van der Waals surface area contributed by atoms with Gasteiger partial charge >= 0.3 is 0 Å². The molecule has 0 aliphatic heterocycles. The summed E-state index contributed by atoms with van der Waals surface area (Å²) in [5.74, 6) is 0.910. The minimum atomic E-state index is 0.757. The molecular weight excluding hydrogens is 234 g/mol. The number of nitrogens with one attached hydrogen (secondary N) is 1. The number of benzene rings is 1. The maximum Gasteiger partial charge on any atom is 0.127 e. The average Bonchev–Trinajstić information content (AvgIpc) is 2.46. The van der Waals surface area contributed by atoms with Gasteiger partial charge in [0.1, 0.15) is 5.82 Å². The summed E-state index contributed by atoms with van der Waals surface area (Å²) in [7, 11) is 0. The molecule has 0 spiro atoms. The van der Waals surface area contributed by atoms with Gasteiger partial charge in [-0.15, -0.1) is 0 Å². The number of nitrogens with zero attached hydrogens (tertiary/aromatic N) is 2. The van der Waals surface area contributed by atoms with Crippen molar-refractivity contribution in [1.82, 2.24) is 9.97 Å². The Morgan fingerprint density at radius 1 is 1.05 bits per heavy atom. The van der Waals surface area contributed by atoms with Gasteiger partial charge in [-0.25, -0.2) is 4.98 Å². The van der Waals surface area contributed by atoms with Gasteiger partial charge in [0.2, 0.25) is 0 Å². The van der Waals surface area contributed by atoms with Gasteiger partial charge in [-0.3, -0.25) is 4.98 Å². The van der Waals surface area contributed by atoms with Crippen molar-refractivity contribution in [3.05, 3.63) is 66.0 Å². The number of hydrogen-bond donors (Lipinski definition) is 1. The lowest BCUT2D eigenvalue weighted by Gasteiger charge is -2.09. The Morgan fingerprint density at radius 3 is 2.68 bits per heavy atom. The Hall–Kier alpha value is -2.42. The Bertz CT molecular complexity index is 693. The molecule has 0 unspecified atom stereocenters. The van der Waals surface area contributed by atoms with Crippen molar-refractivity contribution in [3.8, 4) is 0 Å². The van der Waals surface area contributed by atoms with Crippen LogP contribution in [0, 0.1) is 6.92 Å². The highest BCUT2D eigenvalue weighted by Gasteiger charge is 2.01.